The Morgan fingerprint density at radius 3 is 2.80 bits per heavy atom. The summed E-state index contributed by atoms with van der Waals surface area (Å²) in [5, 5.41) is 13.1. The number of aromatic nitrogens is 2. The summed E-state index contributed by atoms with van der Waals surface area (Å²) in [6, 6.07) is 3.50. The molecule has 25 heavy (non-hydrogen) atoms. The summed E-state index contributed by atoms with van der Waals surface area (Å²) < 4.78 is 1.30. The maximum atomic E-state index is 12.7. The van der Waals surface area contributed by atoms with Gasteiger partial charge in [-0.25, -0.2) is 0 Å². The van der Waals surface area contributed by atoms with Crippen molar-refractivity contribution >= 4 is 11.6 Å². The number of carbonyl (C=O) groups excluding carboxylic acids is 1. The van der Waals surface area contributed by atoms with Gasteiger partial charge >= 0.3 is 0 Å². The summed E-state index contributed by atoms with van der Waals surface area (Å²) in [4.78, 5) is 29.4. The molecule has 2 heterocycles. The molecule has 1 aliphatic rings. The Morgan fingerprint density at radius 1 is 1.40 bits per heavy atom. The van der Waals surface area contributed by atoms with Crippen molar-refractivity contribution in [2.45, 2.75) is 53.0 Å². The van der Waals surface area contributed by atoms with Gasteiger partial charge in [-0.15, -0.1) is 0 Å². The molecule has 0 aliphatic heterocycles. The Balaban J connectivity index is 1.94. The summed E-state index contributed by atoms with van der Waals surface area (Å²) in [6.45, 7) is 8.35. The molecule has 1 fully saturated rings. The zero-order chi connectivity index (χ0) is 18.4. The molecule has 3 rings (SSSR count). The highest BCUT2D eigenvalue weighted by Crippen LogP contribution is 2.38. The minimum absolute atomic E-state index is 0.0109. The first-order valence-electron chi connectivity index (χ1n) is 8.70. The van der Waals surface area contributed by atoms with E-state index in [-0.39, 0.29) is 17.0 Å². The van der Waals surface area contributed by atoms with Gasteiger partial charge < -0.3 is 10.4 Å². The van der Waals surface area contributed by atoms with E-state index in [4.69, 9.17) is 0 Å². The highest BCUT2D eigenvalue weighted by Gasteiger charge is 2.33. The Labute approximate surface area is 146 Å². The molecular weight excluding hydrogens is 318 g/mol. The minimum Gasteiger partial charge on any atom is -0.493 e. The maximum absolute atomic E-state index is 12.7. The van der Waals surface area contributed by atoms with E-state index < -0.39 is 17.3 Å². The number of nitrogens with zero attached hydrogens (tertiary/aromatic N) is 2. The zero-order valence-corrected chi connectivity index (χ0v) is 15.2. The Hall–Kier alpha value is -2.37. The molecule has 2 aromatic heterocycles. The predicted octanol–water partition coefficient (Wildman–Crippen LogP) is 2.65. The lowest BCUT2D eigenvalue weighted by atomic mass is 9.70. The molecule has 0 aromatic carbocycles. The minimum atomic E-state index is -0.555. The number of rotatable bonds is 2. The molecule has 0 spiro atoms. The largest absolute Gasteiger partial charge is 0.493 e. The molecule has 6 heteroatoms. The van der Waals surface area contributed by atoms with Crippen LogP contribution in [0.3, 0.4) is 0 Å². The van der Waals surface area contributed by atoms with Crippen LogP contribution in [0.15, 0.2) is 23.1 Å². The fourth-order valence-electron chi connectivity index (χ4n) is 4.20. The monoisotopic (exact) mass is 343 g/mol. The first-order valence-corrected chi connectivity index (χ1v) is 8.70. The van der Waals surface area contributed by atoms with Crippen LogP contribution in [0.2, 0.25) is 0 Å². The standard InChI is InChI=1S/C19H25N3O3/c1-11-8-13(10-19(3,4)9-11)20-16(23)14-17(24)21-15-12(2)6-5-7-22(15)18(14)25/h5-7,11,13,24H,8-10H2,1-4H3,(H,20,23)/t11-,13+/m0/s1. The van der Waals surface area contributed by atoms with Crippen molar-refractivity contribution in [1.29, 1.82) is 0 Å². The molecule has 134 valence electrons. The van der Waals surface area contributed by atoms with Crippen molar-refractivity contribution < 1.29 is 9.90 Å². The van der Waals surface area contributed by atoms with E-state index in [1.165, 1.54) is 4.40 Å². The number of hydrogen-bond donors (Lipinski definition) is 2. The topological polar surface area (TPSA) is 83.7 Å². The third-order valence-electron chi connectivity index (χ3n) is 4.98. The van der Waals surface area contributed by atoms with Crippen molar-refractivity contribution in [3.63, 3.8) is 0 Å². The molecule has 2 atom stereocenters. The van der Waals surface area contributed by atoms with Gasteiger partial charge in [0.2, 0.25) is 5.88 Å². The summed E-state index contributed by atoms with van der Waals surface area (Å²) >= 11 is 0. The van der Waals surface area contributed by atoms with Crippen LogP contribution in [0.4, 0.5) is 0 Å². The summed E-state index contributed by atoms with van der Waals surface area (Å²) in [5.41, 5.74) is 0.412. The normalized spacial score (nSPS) is 22.7. The third kappa shape index (κ3) is 3.38. The molecule has 0 bridgehead atoms. The van der Waals surface area contributed by atoms with Gasteiger partial charge in [-0.05, 0) is 49.1 Å². The lowest BCUT2D eigenvalue weighted by Crippen LogP contribution is -2.44. The first kappa shape index (κ1) is 17.5. The predicted molar refractivity (Wildman–Crippen MR) is 95.9 cm³/mol. The molecule has 1 amide bonds. The molecule has 2 aromatic rings. The van der Waals surface area contributed by atoms with Crippen molar-refractivity contribution in [2.75, 3.05) is 0 Å². The fraction of sp³-hybridized carbons (Fsp3) is 0.526. The van der Waals surface area contributed by atoms with Crippen LogP contribution in [0.25, 0.3) is 5.65 Å². The molecule has 1 saturated carbocycles. The molecular formula is C19H25N3O3. The lowest BCUT2D eigenvalue weighted by Gasteiger charge is -2.39. The Morgan fingerprint density at radius 2 is 2.12 bits per heavy atom. The van der Waals surface area contributed by atoms with Crippen LogP contribution in [-0.4, -0.2) is 26.4 Å². The number of nitrogens with one attached hydrogen (secondary N) is 1. The molecule has 1 aliphatic carbocycles. The number of amides is 1. The van der Waals surface area contributed by atoms with E-state index in [9.17, 15) is 14.7 Å². The van der Waals surface area contributed by atoms with Crippen LogP contribution >= 0.6 is 0 Å². The second-order valence-corrected chi connectivity index (χ2v) is 8.08. The molecule has 6 nitrogen and oxygen atoms in total. The molecule has 0 saturated heterocycles. The average Bonchev–Trinajstić information content (AvgIpc) is 2.46. The third-order valence-corrected chi connectivity index (χ3v) is 4.98. The summed E-state index contributed by atoms with van der Waals surface area (Å²) in [7, 11) is 0. The highest BCUT2D eigenvalue weighted by atomic mass is 16.3. The van der Waals surface area contributed by atoms with Crippen LogP contribution in [0, 0.1) is 18.3 Å². The van der Waals surface area contributed by atoms with Gasteiger partial charge in [0.15, 0.2) is 5.56 Å². The zero-order valence-electron chi connectivity index (χ0n) is 15.2. The Kier molecular flexibility index (Phi) is 4.31. The number of carbonyl (C=O) groups is 1. The first-order chi connectivity index (χ1) is 11.7. The van der Waals surface area contributed by atoms with Crippen LogP contribution in [0.1, 0.15) is 56.0 Å². The number of aromatic hydroxyl groups is 1. The van der Waals surface area contributed by atoms with Crippen molar-refractivity contribution in [3.8, 4) is 5.88 Å². The second kappa shape index (κ2) is 6.17. The Bertz CT molecular complexity index is 885. The van der Waals surface area contributed by atoms with Crippen LogP contribution in [0.5, 0.6) is 5.88 Å². The van der Waals surface area contributed by atoms with E-state index in [2.05, 4.69) is 31.1 Å². The molecule has 2 N–H and O–H groups in total. The number of hydrogen-bond acceptors (Lipinski definition) is 4. The van der Waals surface area contributed by atoms with E-state index in [1.54, 1.807) is 25.3 Å². The van der Waals surface area contributed by atoms with Crippen molar-refractivity contribution in [3.05, 3.63) is 39.8 Å². The maximum Gasteiger partial charge on any atom is 0.274 e. The fourth-order valence-corrected chi connectivity index (χ4v) is 4.20. The van der Waals surface area contributed by atoms with Crippen molar-refractivity contribution in [2.24, 2.45) is 11.3 Å². The van der Waals surface area contributed by atoms with E-state index in [0.29, 0.717) is 11.6 Å². The number of fused-ring (bicyclic) bond motifs is 1. The number of pyridine rings is 1. The van der Waals surface area contributed by atoms with Gasteiger partial charge in [-0.2, -0.15) is 4.98 Å². The smallest absolute Gasteiger partial charge is 0.274 e. The highest BCUT2D eigenvalue weighted by molar-refractivity contribution is 5.96. The van der Waals surface area contributed by atoms with Crippen molar-refractivity contribution in [1.82, 2.24) is 14.7 Å². The van der Waals surface area contributed by atoms with E-state index in [1.807, 2.05) is 0 Å². The quantitative estimate of drug-likeness (QED) is 0.878. The lowest BCUT2D eigenvalue weighted by molar-refractivity contribution is 0.0869. The van der Waals surface area contributed by atoms with Gasteiger partial charge in [0, 0.05) is 12.2 Å². The van der Waals surface area contributed by atoms with E-state index >= 15 is 0 Å². The van der Waals surface area contributed by atoms with Gasteiger partial charge in [-0.3, -0.25) is 14.0 Å². The summed E-state index contributed by atoms with van der Waals surface area (Å²) in [6.07, 6.45) is 4.40. The van der Waals surface area contributed by atoms with Gasteiger partial charge in [0.1, 0.15) is 5.65 Å². The second-order valence-electron chi connectivity index (χ2n) is 8.08. The summed E-state index contributed by atoms with van der Waals surface area (Å²) in [5.74, 6) is -0.568. The molecule has 0 radical (unpaired) electrons. The van der Waals surface area contributed by atoms with E-state index in [0.717, 1.165) is 24.8 Å². The van der Waals surface area contributed by atoms with Gasteiger partial charge in [0.05, 0.1) is 0 Å². The van der Waals surface area contributed by atoms with Gasteiger partial charge in [0.25, 0.3) is 11.5 Å². The number of aryl methyl sites for hydroxylation is 1. The SMILES string of the molecule is Cc1cccn2c(=O)c(C(=O)N[C@@H]3C[C@H](C)CC(C)(C)C3)c(O)nc12. The molecule has 0 unspecified atom stereocenters. The van der Waals surface area contributed by atoms with Crippen LogP contribution < -0.4 is 10.9 Å². The average molecular weight is 343 g/mol. The van der Waals surface area contributed by atoms with Crippen LogP contribution in [-0.2, 0) is 0 Å². The van der Waals surface area contributed by atoms with Gasteiger partial charge in [-0.1, -0.05) is 26.8 Å².